The summed E-state index contributed by atoms with van der Waals surface area (Å²) in [5.74, 6) is 0.0150. The minimum atomic E-state index is -0.520. The second-order valence-corrected chi connectivity index (χ2v) is 11.4. The van der Waals surface area contributed by atoms with Gasteiger partial charge in [0.05, 0.1) is 19.5 Å². The number of hydrogen-bond donors (Lipinski definition) is 3. The number of rotatable bonds is 11. The topological polar surface area (TPSA) is 106 Å². The Morgan fingerprint density at radius 3 is 2.23 bits per heavy atom. The van der Waals surface area contributed by atoms with Gasteiger partial charge in [-0.1, -0.05) is 30.3 Å². The van der Waals surface area contributed by atoms with E-state index in [0.717, 1.165) is 21.7 Å². The summed E-state index contributed by atoms with van der Waals surface area (Å²) < 4.78 is 10.8. The van der Waals surface area contributed by atoms with Crippen LogP contribution >= 0.6 is 11.8 Å². The van der Waals surface area contributed by atoms with Gasteiger partial charge in [0.15, 0.2) is 0 Å². The fourth-order valence-electron chi connectivity index (χ4n) is 4.21. The average Bonchev–Trinajstić information content (AvgIpc) is 3.03. The van der Waals surface area contributed by atoms with Crippen LogP contribution in [0.4, 0.5) is 11.4 Å². The fraction of sp³-hybridized carbons (Fsp3) is 0.171. The van der Waals surface area contributed by atoms with E-state index in [0.29, 0.717) is 28.3 Å². The molecule has 3 amide bonds. The molecule has 0 saturated heterocycles. The molecule has 0 radical (unpaired) electrons. The van der Waals surface area contributed by atoms with Gasteiger partial charge in [-0.25, -0.2) is 0 Å². The number of amides is 3. The molecule has 1 unspecified atom stereocenters. The molecule has 0 aliphatic carbocycles. The lowest BCUT2D eigenvalue weighted by atomic mass is 10.1. The zero-order valence-electron chi connectivity index (χ0n) is 25.3. The van der Waals surface area contributed by atoms with Gasteiger partial charge in [0.2, 0.25) is 5.91 Å². The van der Waals surface area contributed by atoms with E-state index in [9.17, 15) is 14.4 Å². The standard InChI is InChI=1S/C35H35N3O5S/c1-22-11-12-23(2)30(19-22)37-33(39)24(3)44-29-17-14-27(15-18-29)36-35(41)31(38-34(40)25-9-7-6-8-10-25)20-26-13-16-28(42-4)21-32(26)43-5/h6-21,24H,1-5H3,(H,36,41)(H,37,39)(H,38,40)/b31-20-. The highest BCUT2D eigenvalue weighted by atomic mass is 32.2. The lowest BCUT2D eigenvalue weighted by Crippen LogP contribution is -2.30. The minimum absolute atomic E-state index is 0.0255. The zero-order chi connectivity index (χ0) is 31.6. The van der Waals surface area contributed by atoms with Crippen LogP contribution in [0.1, 0.15) is 34.0 Å². The molecule has 4 rings (SSSR count). The van der Waals surface area contributed by atoms with Crippen LogP contribution in [0.25, 0.3) is 6.08 Å². The third-order valence-corrected chi connectivity index (χ3v) is 7.83. The molecule has 0 heterocycles. The first-order valence-electron chi connectivity index (χ1n) is 13.9. The predicted molar refractivity (Wildman–Crippen MR) is 176 cm³/mol. The third kappa shape index (κ3) is 8.52. The molecule has 4 aromatic rings. The van der Waals surface area contributed by atoms with Gasteiger partial charge >= 0.3 is 0 Å². The van der Waals surface area contributed by atoms with Crippen molar-refractivity contribution in [1.29, 1.82) is 0 Å². The summed E-state index contributed by atoms with van der Waals surface area (Å²) in [6.45, 7) is 5.79. The lowest BCUT2D eigenvalue weighted by Gasteiger charge is -2.15. The van der Waals surface area contributed by atoms with Gasteiger partial charge < -0.3 is 25.4 Å². The predicted octanol–water partition coefficient (Wildman–Crippen LogP) is 6.85. The Labute approximate surface area is 261 Å². The van der Waals surface area contributed by atoms with E-state index in [1.807, 2.05) is 57.2 Å². The molecule has 0 saturated carbocycles. The Hall–Kier alpha value is -5.02. The Kier molecular flexibility index (Phi) is 10.8. The minimum Gasteiger partial charge on any atom is -0.497 e. The maximum Gasteiger partial charge on any atom is 0.272 e. The molecule has 0 spiro atoms. The Morgan fingerprint density at radius 2 is 1.55 bits per heavy atom. The normalized spacial score (nSPS) is 11.7. The van der Waals surface area contributed by atoms with Crippen molar-refractivity contribution in [2.24, 2.45) is 0 Å². The summed E-state index contributed by atoms with van der Waals surface area (Å²) in [4.78, 5) is 40.2. The molecule has 0 aromatic heterocycles. The smallest absolute Gasteiger partial charge is 0.272 e. The van der Waals surface area contributed by atoms with Crippen molar-refractivity contribution in [2.45, 2.75) is 30.9 Å². The highest BCUT2D eigenvalue weighted by Crippen LogP contribution is 2.28. The number of nitrogens with one attached hydrogen (secondary N) is 3. The first-order valence-corrected chi connectivity index (χ1v) is 14.8. The maximum absolute atomic E-state index is 13.5. The molecule has 0 aliphatic heterocycles. The van der Waals surface area contributed by atoms with E-state index < -0.39 is 11.8 Å². The number of ether oxygens (including phenoxy) is 2. The number of thioether (sulfide) groups is 1. The van der Waals surface area contributed by atoms with Crippen molar-refractivity contribution in [3.8, 4) is 11.5 Å². The summed E-state index contributed by atoms with van der Waals surface area (Å²) in [6, 6.07) is 26.9. The van der Waals surface area contributed by atoms with Crippen LogP contribution in [-0.2, 0) is 9.59 Å². The quantitative estimate of drug-likeness (QED) is 0.127. The van der Waals surface area contributed by atoms with E-state index in [1.165, 1.54) is 18.9 Å². The van der Waals surface area contributed by atoms with Crippen LogP contribution in [0, 0.1) is 13.8 Å². The number of anilines is 2. The SMILES string of the molecule is COc1ccc(/C=C(\NC(=O)c2ccccc2)C(=O)Nc2ccc(SC(C)C(=O)Nc3cc(C)ccc3C)cc2)c(OC)c1. The van der Waals surface area contributed by atoms with Gasteiger partial charge in [0, 0.05) is 33.5 Å². The second-order valence-electron chi connectivity index (χ2n) is 10.0. The second kappa shape index (κ2) is 14.9. The average molecular weight is 610 g/mol. The van der Waals surface area contributed by atoms with Gasteiger partial charge in [-0.2, -0.15) is 0 Å². The first-order chi connectivity index (χ1) is 21.2. The molecular weight excluding hydrogens is 574 g/mol. The van der Waals surface area contributed by atoms with Crippen molar-refractivity contribution in [3.63, 3.8) is 0 Å². The number of carbonyl (C=O) groups is 3. The van der Waals surface area contributed by atoms with Gasteiger partial charge in [-0.15, -0.1) is 11.8 Å². The molecular formula is C35H35N3O5S. The van der Waals surface area contributed by atoms with E-state index in [2.05, 4.69) is 16.0 Å². The van der Waals surface area contributed by atoms with Gasteiger partial charge in [0.1, 0.15) is 17.2 Å². The van der Waals surface area contributed by atoms with Crippen LogP contribution in [0.5, 0.6) is 11.5 Å². The van der Waals surface area contributed by atoms with Crippen LogP contribution in [0.15, 0.2) is 102 Å². The fourth-order valence-corrected chi connectivity index (χ4v) is 5.08. The number of carbonyl (C=O) groups excluding carboxylic acids is 3. The molecule has 0 bridgehead atoms. The Morgan fingerprint density at radius 1 is 0.818 bits per heavy atom. The van der Waals surface area contributed by atoms with E-state index in [4.69, 9.17) is 9.47 Å². The molecule has 4 aromatic carbocycles. The van der Waals surface area contributed by atoms with Crippen LogP contribution in [-0.4, -0.2) is 37.2 Å². The van der Waals surface area contributed by atoms with E-state index >= 15 is 0 Å². The van der Waals surface area contributed by atoms with Crippen molar-refractivity contribution >= 4 is 46.9 Å². The summed E-state index contributed by atoms with van der Waals surface area (Å²) in [5, 5.41) is 8.24. The molecule has 9 heteroatoms. The lowest BCUT2D eigenvalue weighted by molar-refractivity contribution is -0.115. The third-order valence-electron chi connectivity index (χ3n) is 6.71. The highest BCUT2D eigenvalue weighted by Gasteiger charge is 2.18. The monoisotopic (exact) mass is 609 g/mol. The Balaban J connectivity index is 1.48. The Bertz CT molecular complexity index is 1670. The zero-order valence-corrected chi connectivity index (χ0v) is 26.1. The highest BCUT2D eigenvalue weighted by molar-refractivity contribution is 8.00. The van der Waals surface area contributed by atoms with E-state index in [1.54, 1.807) is 67.8 Å². The number of hydrogen-bond acceptors (Lipinski definition) is 6. The van der Waals surface area contributed by atoms with Gasteiger partial charge in [0.25, 0.3) is 11.8 Å². The van der Waals surface area contributed by atoms with Crippen LogP contribution < -0.4 is 25.4 Å². The molecule has 0 aliphatic rings. The summed E-state index contributed by atoms with van der Waals surface area (Å²) in [6.07, 6.45) is 1.55. The molecule has 8 nitrogen and oxygen atoms in total. The first kappa shape index (κ1) is 31.9. The van der Waals surface area contributed by atoms with E-state index in [-0.39, 0.29) is 16.9 Å². The molecule has 3 N–H and O–H groups in total. The molecule has 226 valence electrons. The van der Waals surface area contributed by atoms with Crippen molar-refractivity contribution in [1.82, 2.24) is 5.32 Å². The molecule has 1 atom stereocenters. The number of methoxy groups -OCH3 is 2. The maximum atomic E-state index is 13.5. The number of aryl methyl sites for hydroxylation is 2. The van der Waals surface area contributed by atoms with Gasteiger partial charge in [-0.3, -0.25) is 14.4 Å². The molecule has 44 heavy (non-hydrogen) atoms. The van der Waals surface area contributed by atoms with Crippen LogP contribution in [0.3, 0.4) is 0 Å². The van der Waals surface area contributed by atoms with Crippen molar-refractivity contribution in [2.75, 3.05) is 24.9 Å². The summed E-state index contributed by atoms with van der Waals surface area (Å²) >= 11 is 1.41. The largest absolute Gasteiger partial charge is 0.497 e. The van der Waals surface area contributed by atoms with Crippen LogP contribution in [0.2, 0.25) is 0 Å². The summed E-state index contributed by atoms with van der Waals surface area (Å²) in [5.41, 5.74) is 4.41. The van der Waals surface area contributed by atoms with Gasteiger partial charge in [-0.05, 0) is 92.6 Å². The number of benzene rings is 4. The molecule has 0 fully saturated rings. The van der Waals surface area contributed by atoms with Crippen molar-refractivity contribution in [3.05, 3.63) is 119 Å². The van der Waals surface area contributed by atoms with Crippen molar-refractivity contribution < 1.29 is 23.9 Å². The summed E-state index contributed by atoms with van der Waals surface area (Å²) in [7, 11) is 3.07.